The molecule has 0 aromatic rings. The Morgan fingerprint density at radius 3 is 1.33 bits per heavy atom. The average Bonchev–Trinajstić information content (AvgIpc) is 2.50. The monoisotopic (exact) mass is 296 g/mol. The minimum absolute atomic E-state index is 1.17. The Morgan fingerprint density at radius 1 is 0.571 bits per heavy atom. The van der Waals surface area contributed by atoms with Crippen molar-refractivity contribution in [2.24, 2.45) is 0 Å². The Balaban J connectivity index is 2.95. The summed E-state index contributed by atoms with van der Waals surface area (Å²) in [7, 11) is 1.71. The third-order valence-electron chi connectivity index (χ3n) is 4.21. The van der Waals surface area contributed by atoms with Gasteiger partial charge in [0, 0.05) is 0 Å². The van der Waals surface area contributed by atoms with E-state index in [1.165, 1.54) is 103 Å². The lowest BCUT2D eigenvalue weighted by Gasteiger charge is -2.03. The van der Waals surface area contributed by atoms with E-state index in [1.54, 1.807) is 13.4 Å². The van der Waals surface area contributed by atoms with Gasteiger partial charge in [0.1, 0.15) is 0 Å². The van der Waals surface area contributed by atoms with E-state index in [4.69, 9.17) is 4.74 Å². The summed E-state index contributed by atoms with van der Waals surface area (Å²) < 4.78 is 4.89. The zero-order valence-corrected chi connectivity index (χ0v) is 14.9. The van der Waals surface area contributed by atoms with Gasteiger partial charge >= 0.3 is 0 Å². The van der Waals surface area contributed by atoms with Crippen LogP contribution in [0.5, 0.6) is 0 Å². The molecule has 0 fully saturated rings. The van der Waals surface area contributed by atoms with Crippen molar-refractivity contribution in [2.45, 2.75) is 110 Å². The first-order valence-corrected chi connectivity index (χ1v) is 9.59. The molecular formula is C20H40O. The van der Waals surface area contributed by atoms with Crippen LogP contribution in [0.2, 0.25) is 0 Å². The smallest absolute Gasteiger partial charge is 0.0784 e. The van der Waals surface area contributed by atoms with Crippen molar-refractivity contribution in [1.29, 1.82) is 0 Å². The van der Waals surface area contributed by atoms with Crippen LogP contribution in [0.3, 0.4) is 0 Å². The molecule has 0 heterocycles. The molecule has 0 saturated carbocycles. The lowest BCUT2D eigenvalue weighted by Crippen LogP contribution is -1.83. The Bertz CT molecular complexity index is 198. The first kappa shape index (κ1) is 20.5. The van der Waals surface area contributed by atoms with Crippen molar-refractivity contribution in [3.63, 3.8) is 0 Å². The highest BCUT2D eigenvalue weighted by molar-refractivity contribution is 4.72. The van der Waals surface area contributed by atoms with Gasteiger partial charge in [-0.3, -0.25) is 0 Å². The van der Waals surface area contributed by atoms with Crippen molar-refractivity contribution >= 4 is 0 Å². The SMILES string of the molecule is CCCCCCCCCCCCCCCCC/C=C/OC. The Labute approximate surface area is 134 Å². The zero-order chi connectivity index (χ0) is 15.4. The molecule has 0 amide bonds. The lowest BCUT2D eigenvalue weighted by atomic mass is 10.0. The number of hydrogen-bond acceptors (Lipinski definition) is 1. The summed E-state index contributed by atoms with van der Waals surface area (Å²) in [5, 5.41) is 0. The maximum absolute atomic E-state index is 4.89. The Morgan fingerprint density at radius 2 is 0.952 bits per heavy atom. The molecular weight excluding hydrogens is 256 g/mol. The van der Waals surface area contributed by atoms with Crippen LogP contribution in [0.15, 0.2) is 12.3 Å². The molecule has 1 heteroatoms. The summed E-state index contributed by atoms with van der Waals surface area (Å²) in [6.07, 6.45) is 26.6. The van der Waals surface area contributed by atoms with Gasteiger partial charge in [-0.2, -0.15) is 0 Å². The van der Waals surface area contributed by atoms with E-state index >= 15 is 0 Å². The minimum Gasteiger partial charge on any atom is -0.505 e. The number of rotatable bonds is 17. The lowest BCUT2D eigenvalue weighted by molar-refractivity contribution is 0.336. The summed E-state index contributed by atoms with van der Waals surface area (Å²) in [4.78, 5) is 0. The third kappa shape index (κ3) is 19.5. The topological polar surface area (TPSA) is 9.23 Å². The van der Waals surface area contributed by atoms with E-state index < -0.39 is 0 Å². The average molecular weight is 297 g/mol. The highest BCUT2D eigenvalue weighted by Gasteiger charge is 1.94. The van der Waals surface area contributed by atoms with E-state index in [0.717, 1.165) is 0 Å². The molecule has 0 N–H and O–H groups in total. The predicted molar refractivity (Wildman–Crippen MR) is 95.7 cm³/mol. The fourth-order valence-electron chi connectivity index (χ4n) is 2.80. The van der Waals surface area contributed by atoms with Gasteiger partial charge in [0.05, 0.1) is 13.4 Å². The third-order valence-corrected chi connectivity index (χ3v) is 4.21. The summed E-state index contributed by atoms with van der Waals surface area (Å²) in [5.74, 6) is 0. The standard InChI is InChI=1S/C20H40O/c1-3-4-5-6-7-8-9-10-11-12-13-14-15-16-17-18-19-20-21-2/h19-20H,3-18H2,1-2H3/b20-19+. The molecule has 0 saturated heterocycles. The normalized spacial score (nSPS) is 11.3. The molecule has 0 unspecified atom stereocenters. The molecule has 0 bridgehead atoms. The molecule has 21 heavy (non-hydrogen) atoms. The quantitative estimate of drug-likeness (QED) is 0.200. The number of unbranched alkanes of at least 4 members (excludes halogenated alkanes) is 15. The van der Waals surface area contributed by atoms with Crippen molar-refractivity contribution in [1.82, 2.24) is 0 Å². The minimum atomic E-state index is 1.17. The molecule has 0 spiro atoms. The number of hydrogen-bond donors (Lipinski definition) is 0. The number of allylic oxidation sites excluding steroid dienone is 1. The fraction of sp³-hybridized carbons (Fsp3) is 0.900. The van der Waals surface area contributed by atoms with Gasteiger partial charge in [-0.25, -0.2) is 0 Å². The van der Waals surface area contributed by atoms with Crippen LogP contribution < -0.4 is 0 Å². The Hall–Kier alpha value is -0.460. The van der Waals surface area contributed by atoms with Gasteiger partial charge in [-0.15, -0.1) is 0 Å². The molecule has 0 rings (SSSR count). The van der Waals surface area contributed by atoms with Crippen molar-refractivity contribution in [2.75, 3.05) is 7.11 Å². The van der Waals surface area contributed by atoms with Crippen LogP contribution in [-0.2, 0) is 4.74 Å². The van der Waals surface area contributed by atoms with E-state index in [0.29, 0.717) is 0 Å². The van der Waals surface area contributed by atoms with Gasteiger partial charge < -0.3 is 4.74 Å². The van der Waals surface area contributed by atoms with Crippen LogP contribution in [0.1, 0.15) is 110 Å². The van der Waals surface area contributed by atoms with E-state index in [1.807, 2.05) is 0 Å². The molecule has 0 atom stereocenters. The number of methoxy groups -OCH3 is 1. The molecule has 0 radical (unpaired) electrons. The molecule has 0 aliphatic rings. The van der Waals surface area contributed by atoms with Crippen LogP contribution in [0.4, 0.5) is 0 Å². The second kappa shape index (κ2) is 19.5. The molecule has 0 aromatic heterocycles. The van der Waals surface area contributed by atoms with Crippen LogP contribution in [0.25, 0.3) is 0 Å². The molecule has 1 nitrogen and oxygen atoms in total. The van der Waals surface area contributed by atoms with Gasteiger partial charge in [0.25, 0.3) is 0 Å². The first-order valence-electron chi connectivity index (χ1n) is 9.59. The van der Waals surface area contributed by atoms with Crippen molar-refractivity contribution in [3.8, 4) is 0 Å². The van der Waals surface area contributed by atoms with Crippen molar-refractivity contribution < 1.29 is 4.74 Å². The predicted octanol–water partition coefficient (Wildman–Crippen LogP) is 7.41. The van der Waals surface area contributed by atoms with Crippen LogP contribution >= 0.6 is 0 Å². The molecule has 126 valence electrons. The van der Waals surface area contributed by atoms with Gasteiger partial charge in [-0.05, 0) is 18.9 Å². The first-order chi connectivity index (χ1) is 10.4. The summed E-state index contributed by atoms with van der Waals surface area (Å²) in [5.41, 5.74) is 0. The number of ether oxygens (including phenoxy) is 1. The summed E-state index contributed by atoms with van der Waals surface area (Å²) in [6.45, 7) is 2.29. The maximum Gasteiger partial charge on any atom is 0.0784 e. The largest absolute Gasteiger partial charge is 0.505 e. The highest BCUT2D eigenvalue weighted by Crippen LogP contribution is 2.13. The fourth-order valence-corrected chi connectivity index (χ4v) is 2.80. The van der Waals surface area contributed by atoms with Crippen molar-refractivity contribution in [3.05, 3.63) is 12.3 Å². The highest BCUT2D eigenvalue weighted by atomic mass is 16.5. The van der Waals surface area contributed by atoms with Crippen LogP contribution in [-0.4, -0.2) is 7.11 Å². The van der Waals surface area contributed by atoms with Crippen LogP contribution in [0, 0.1) is 0 Å². The Kier molecular flexibility index (Phi) is 19.1. The summed E-state index contributed by atoms with van der Waals surface area (Å²) in [6, 6.07) is 0. The molecule has 0 aromatic carbocycles. The van der Waals surface area contributed by atoms with Gasteiger partial charge in [-0.1, -0.05) is 96.8 Å². The van der Waals surface area contributed by atoms with Gasteiger partial charge in [0.15, 0.2) is 0 Å². The van der Waals surface area contributed by atoms with E-state index in [-0.39, 0.29) is 0 Å². The van der Waals surface area contributed by atoms with E-state index in [9.17, 15) is 0 Å². The maximum atomic E-state index is 4.89. The zero-order valence-electron chi connectivity index (χ0n) is 14.9. The second-order valence-electron chi connectivity index (χ2n) is 6.35. The summed E-state index contributed by atoms with van der Waals surface area (Å²) >= 11 is 0. The molecule has 0 aliphatic carbocycles. The van der Waals surface area contributed by atoms with Gasteiger partial charge in [0.2, 0.25) is 0 Å². The van der Waals surface area contributed by atoms with E-state index in [2.05, 4.69) is 13.0 Å². The molecule has 0 aliphatic heterocycles. The second-order valence-corrected chi connectivity index (χ2v) is 6.35.